The number of nitrogens with zero attached hydrogens (tertiary/aromatic N) is 1. The maximum absolute atomic E-state index is 6.22. The summed E-state index contributed by atoms with van der Waals surface area (Å²) in [5.41, 5.74) is 2.78. The van der Waals surface area contributed by atoms with Crippen LogP contribution in [0.2, 0.25) is 5.02 Å². The Hall–Kier alpha value is -1.35. The van der Waals surface area contributed by atoms with Crippen molar-refractivity contribution in [2.24, 2.45) is 5.41 Å². The van der Waals surface area contributed by atoms with Crippen LogP contribution in [0.15, 0.2) is 54.6 Å². The summed E-state index contributed by atoms with van der Waals surface area (Å²) >= 11 is 6.02. The van der Waals surface area contributed by atoms with E-state index in [4.69, 9.17) is 16.4 Å². The predicted octanol–water partition coefficient (Wildman–Crippen LogP) is 4.78. The van der Waals surface area contributed by atoms with E-state index in [2.05, 4.69) is 42.5 Å². The van der Waals surface area contributed by atoms with Crippen LogP contribution in [0.5, 0.6) is 0 Å². The first-order valence-corrected chi connectivity index (χ1v) is 7.78. The molecule has 2 aromatic rings. The molecule has 1 aliphatic carbocycles. The van der Waals surface area contributed by atoms with Gasteiger partial charge in [0.15, 0.2) is 0 Å². The first-order valence-electron chi connectivity index (χ1n) is 7.41. The third kappa shape index (κ3) is 2.10. The smallest absolute Gasteiger partial charge is 0.112 e. The zero-order valence-corrected chi connectivity index (χ0v) is 12.8. The Morgan fingerprint density at radius 1 is 1.00 bits per heavy atom. The Labute approximate surface area is 130 Å². The molecular weight excluding hydrogens is 282 g/mol. The van der Waals surface area contributed by atoms with Crippen molar-refractivity contribution >= 4 is 11.6 Å². The zero-order chi connectivity index (χ0) is 14.4. The monoisotopic (exact) mass is 299 g/mol. The summed E-state index contributed by atoms with van der Waals surface area (Å²) < 4.78 is 0. The molecule has 108 valence electrons. The van der Waals surface area contributed by atoms with Gasteiger partial charge in [0.1, 0.15) is 6.10 Å². The molecule has 1 saturated carbocycles. The molecule has 21 heavy (non-hydrogen) atoms. The van der Waals surface area contributed by atoms with Crippen molar-refractivity contribution in [2.45, 2.75) is 25.0 Å². The van der Waals surface area contributed by atoms with E-state index < -0.39 is 0 Å². The normalized spacial score (nSPS) is 27.1. The van der Waals surface area contributed by atoms with E-state index in [-0.39, 0.29) is 11.5 Å². The highest BCUT2D eigenvalue weighted by Crippen LogP contribution is 2.69. The average Bonchev–Trinajstić information content (AvgIpc) is 3.23. The van der Waals surface area contributed by atoms with Gasteiger partial charge in [-0.15, -0.1) is 0 Å². The molecule has 0 unspecified atom stereocenters. The van der Waals surface area contributed by atoms with Gasteiger partial charge in [0.05, 0.1) is 6.04 Å². The van der Waals surface area contributed by atoms with Crippen LogP contribution < -0.4 is 0 Å². The highest BCUT2D eigenvalue weighted by Gasteiger charge is 2.63. The fourth-order valence-electron chi connectivity index (χ4n) is 3.73. The standard InChI is InChI=1S/C18H18ClNO/c1-20-16(13-7-9-15(19)10-8-13)18(11-12-18)17(21-20)14-5-3-2-4-6-14/h2-10,16-17H,11-12H2,1H3/t16-,17-/m1/s1. The molecule has 2 nitrogen and oxygen atoms in total. The van der Waals surface area contributed by atoms with Crippen LogP contribution in [-0.4, -0.2) is 12.1 Å². The maximum atomic E-state index is 6.22. The molecule has 0 radical (unpaired) electrons. The van der Waals surface area contributed by atoms with Gasteiger partial charge in [0, 0.05) is 17.5 Å². The molecule has 2 atom stereocenters. The summed E-state index contributed by atoms with van der Waals surface area (Å²) in [7, 11) is 2.04. The average molecular weight is 300 g/mol. The Morgan fingerprint density at radius 2 is 1.67 bits per heavy atom. The van der Waals surface area contributed by atoms with Gasteiger partial charge in [-0.3, -0.25) is 4.84 Å². The number of hydrogen-bond acceptors (Lipinski definition) is 2. The Balaban J connectivity index is 1.72. The Kier molecular flexibility index (Phi) is 3.07. The first-order chi connectivity index (χ1) is 10.2. The van der Waals surface area contributed by atoms with Crippen molar-refractivity contribution in [1.82, 2.24) is 5.06 Å². The van der Waals surface area contributed by atoms with Crippen molar-refractivity contribution in [2.75, 3.05) is 7.05 Å². The first kappa shape index (κ1) is 13.3. The molecular formula is C18H18ClNO. The molecule has 0 amide bonds. The topological polar surface area (TPSA) is 12.5 Å². The summed E-state index contributed by atoms with van der Waals surface area (Å²) in [5.74, 6) is 0. The van der Waals surface area contributed by atoms with Crippen LogP contribution in [0.3, 0.4) is 0 Å². The summed E-state index contributed by atoms with van der Waals surface area (Å²) in [6, 6.07) is 19.1. The molecule has 1 spiro atoms. The number of hydrogen-bond donors (Lipinski definition) is 0. The lowest BCUT2D eigenvalue weighted by molar-refractivity contribution is -0.147. The van der Waals surface area contributed by atoms with E-state index in [0.717, 1.165) is 5.02 Å². The van der Waals surface area contributed by atoms with Gasteiger partial charge >= 0.3 is 0 Å². The molecule has 1 heterocycles. The van der Waals surface area contributed by atoms with Gasteiger partial charge in [0.2, 0.25) is 0 Å². The second-order valence-electron chi connectivity index (χ2n) is 6.13. The van der Waals surface area contributed by atoms with Crippen molar-refractivity contribution in [3.8, 4) is 0 Å². The van der Waals surface area contributed by atoms with Crippen molar-refractivity contribution in [1.29, 1.82) is 0 Å². The van der Waals surface area contributed by atoms with Crippen molar-refractivity contribution < 1.29 is 4.84 Å². The van der Waals surface area contributed by atoms with Crippen LogP contribution in [-0.2, 0) is 4.84 Å². The zero-order valence-electron chi connectivity index (χ0n) is 12.0. The van der Waals surface area contributed by atoms with Crippen LogP contribution in [0.1, 0.15) is 36.1 Å². The van der Waals surface area contributed by atoms with Crippen molar-refractivity contribution in [3.05, 3.63) is 70.7 Å². The van der Waals surface area contributed by atoms with Crippen molar-refractivity contribution in [3.63, 3.8) is 0 Å². The molecule has 1 aliphatic heterocycles. The Bertz CT molecular complexity index is 636. The maximum Gasteiger partial charge on any atom is 0.112 e. The van der Waals surface area contributed by atoms with Gasteiger partial charge in [-0.25, -0.2) is 0 Å². The quantitative estimate of drug-likeness (QED) is 0.791. The van der Waals surface area contributed by atoms with Crippen LogP contribution in [0, 0.1) is 5.41 Å². The highest BCUT2D eigenvalue weighted by molar-refractivity contribution is 6.30. The molecule has 4 rings (SSSR count). The highest BCUT2D eigenvalue weighted by atomic mass is 35.5. The molecule has 3 heteroatoms. The van der Waals surface area contributed by atoms with E-state index >= 15 is 0 Å². The van der Waals surface area contributed by atoms with E-state index in [1.807, 2.05) is 24.2 Å². The van der Waals surface area contributed by atoms with Gasteiger partial charge in [-0.05, 0) is 36.1 Å². The second kappa shape index (κ2) is 4.84. The molecule has 1 saturated heterocycles. The largest absolute Gasteiger partial charge is 0.290 e. The van der Waals surface area contributed by atoms with Crippen LogP contribution >= 0.6 is 11.6 Å². The lowest BCUT2D eigenvalue weighted by Gasteiger charge is -2.23. The summed E-state index contributed by atoms with van der Waals surface area (Å²) in [5, 5.41) is 2.82. The molecule has 2 aromatic carbocycles. The van der Waals surface area contributed by atoms with Crippen LogP contribution in [0.4, 0.5) is 0 Å². The third-order valence-corrected chi connectivity index (χ3v) is 5.07. The number of halogens is 1. The number of hydroxylamine groups is 2. The lowest BCUT2D eigenvalue weighted by atomic mass is 9.83. The summed E-state index contributed by atoms with van der Waals surface area (Å²) in [4.78, 5) is 6.22. The summed E-state index contributed by atoms with van der Waals surface area (Å²) in [6.45, 7) is 0. The van der Waals surface area contributed by atoms with E-state index in [1.165, 1.54) is 24.0 Å². The van der Waals surface area contributed by atoms with Gasteiger partial charge < -0.3 is 0 Å². The molecule has 0 N–H and O–H groups in total. The van der Waals surface area contributed by atoms with E-state index in [0.29, 0.717) is 6.04 Å². The minimum Gasteiger partial charge on any atom is -0.290 e. The van der Waals surface area contributed by atoms with E-state index in [9.17, 15) is 0 Å². The van der Waals surface area contributed by atoms with E-state index in [1.54, 1.807) is 0 Å². The predicted molar refractivity (Wildman–Crippen MR) is 83.9 cm³/mol. The fourth-order valence-corrected chi connectivity index (χ4v) is 3.85. The Morgan fingerprint density at radius 3 is 2.29 bits per heavy atom. The molecule has 2 fully saturated rings. The fraction of sp³-hybridized carbons (Fsp3) is 0.333. The molecule has 0 aromatic heterocycles. The molecule has 0 bridgehead atoms. The van der Waals surface area contributed by atoms with Crippen LogP contribution in [0.25, 0.3) is 0 Å². The number of rotatable bonds is 2. The molecule has 2 aliphatic rings. The SMILES string of the molecule is CN1O[C@H](c2ccccc2)C2(CC2)[C@H]1c1ccc(Cl)cc1. The van der Waals surface area contributed by atoms with Gasteiger partial charge in [0.25, 0.3) is 0 Å². The lowest BCUT2D eigenvalue weighted by Crippen LogP contribution is -2.21. The minimum absolute atomic E-state index is 0.157. The van der Waals surface area contributed by atoms with Gasteiger partial charge in [-0.1, -0.05) is 54.1 Å². The second-order valence-corrected chi connectivity index (χ2v) is 6.57. The van der Waals surface area contributed by atoms with Gasteiger partial charge in [-0.2, -0.15) is 5.06 Å². The minimum atomic E-state index is 0.157. The summed E-state index contributed by atoms with van der Waals surface area (Å²) in [6.07, 6.45) is 2.58. The third-order valence-electron chi connectivity index (χ3n) is 4.82. The number of benzene rings is 2.